The Kier molecular flexibility index (Phi) is 8.69. The average molecular weight is 421 g/mol. The van der Waals surface area contributed by atoms with E-state index >= 15 is 0 Å². The van der Waals surface area contributed by atoms with Gasteiger partial charge in [-0.1, -0.05) is 12.1 Å². The number of nitrogens with zero attached hydrogens (tertiary/aromatic N) is 4. The maximum Gasteiger partial charge on any atom is 0.120 e. The second kappa shape index (κ2) is 11.9. The van der Waals surface area contributed by atoms with Crippen LogP contribution in [0.4, 0.5) is 0 Å². The normalized spacial score (nSPS) is 16.5. The lowest BCUT2D eigenvalue weighted by molar-refractivity contribution is -0.0378. The lowest BCUT2D eigenvalue weighted by Crippen LogP contribution is -2.47. The van der Waals surface area contributed by atoms with Crippen LogP contribution in [0.2, 0.25) is 0 Å². The fraction of sp³-hybridized carbons (Fsp3) is 0.417. The Morgan fingerprint density at radius 1 is 1.00 bits per heavy atom. The largest absolute Gasteiger partial charge is 0.492 e. The van der Waals surface area contributed by atoms with Crippen LogP contribution in [0.25, 0.3) is 0 Å². The molecule has 1 heterocycles. The van der Waals surface area contributed by atoms with E-state index < -0.39 is 0 Å². The summed E-state index contributed by atoms with van der Waals surface area (Å²) >= 11 is 0. The molecule has 0 amide bonds. The number of nitriles is 2. The van der Waals surface area contributed by atoms with Gasteiger partial charge in [-0.05, 0) is 43.4 Å². The van der Waals surface area contributed by atoms with Gasteiger partial charge in [-0.2, -0.15) is 10.5 Å². The molecule has 0 aliphatic carbocycles. The molecule has 7 nitrogen and oxygen atoms in total. The molecule has 7 heteroatoms. The summed E-state index contributed by atoms with van der Waals surface area (Å²) in [5, 5.41) is 18.1. The lowest BCUT2D eigenvalue weighted by atomic mass is 10.2. The molecule has 1 unspecified atom stereocenters. The molecule has 0 radical (unpaired) electrons. The molecule has 31 heavy (non-hydrogen) atoms. The Hall–Kier alpha value is -3.10. The smallest absolute Gasteiger partial charge is 0.120 e. The molecule has 1 fully saturated rings. The summed E-state index contributed by atoms with van der Waals surface area (Å²) in [6, 6.07) is 18.6. The highest BCUT2D eigenvalue weighted by Crippen LogP contribution is 2.14. The molecule has 1 aliphatic heterocycles. The van der Waals surface area contributed by atoms with E-state index in [0.717, 1.165) is 26.2 Å². The van der Waals surface area contributed by atoms with Gasteiger partial charge in [0, 0.05) is 32.7 Å². The Labute approximate surface area is 184 Å². The molecule has 1 aliphatic rings. The Morgan fingerprint density at radius 3 is 2.10 bits per heavy atom. The van der Waals surface area contributed by atoms with Crippen molar-refractivity contribution in [3.63, 3.8) is 0 Å². The van der Waals surface area contributed by atoms with E-state index in [1.807, 2.05) is 24.3 Å². The van der Waals surface area contributed by atoms with E-state index in [-0.39, 0.29) is 6.10 Å². The number of benzene rings is 2. The van der Waals surface area contributed by atoms with Crippen molar-refractivity contribution < 1.29 is 14.2 Å². The Bertz CT molecular complexity index is 858. The van der Waals surface area contributed by atoms with Crippen molar-refractivity contribution in [2.24, 2.45) is 0 Å². The van der Waals surface area contributed by atoms with Crippen LogP contribution in [0.5, 0.6) is 11.5 Å². The summed E-state index contributed by atoms with van der Waals surface area (Å²) in [7, 11) is 2.11. The van der Waals surface area contributed by atoms with Gasteiger partial charge in [0.2, 0.25) is 0 Å². The van der Waals surface area contributed by atoms with Gasteiger partial charge in [-0.3, -0.25) is 4.90 Å². The van der Waals surface area contributed by atoms with Gasteiger partial charge in [0.15, 0.2) is 0 Å². The van der Waals surface area contributed by atoms with Crippen LogP contribution >= 0.6 is 0 Å². The van der Waals surface area contributed by atoms with Crippen LogP contribution in [0.3, 0.4) is 0 Å². The standard InChI is InChI=1S/C24H28N4O3/c1-27-8-11-31-24(18-27)19-28(9-12-29-22-6-2-4-20(14-22)16-25)10-13-30-23-7-3-5-21(15-23)17-26/h2-7,14-15,24H,8-13,18-19H2,1H3. The highest BCUT2D eigenvalue weighted by atomic mass is 16.5. The number of hydrogen-bond acceptors (Lipinski definition) is 7. The summed E-state index contributed by atoms with van der Waals surface area (Å²) in [4.78, 5) is 4.55. The quantitative estimate of drug-likeness (QED) is 0.584. The van der Waals surface area contributed by atoms with E-state index in [9.17, 15) is 0 Å². The highest BCUT2D eigenvalue weighted by molar-refractivity contribution is 5.36. The monoisotopic (exact) mass is 420 g/mol. The number of morpholine rings is 1. The third kappa shape index (κ3) is 7.58. The number of ether oxygens (including phenoxy) is 3. The minimum atomic E-state index is 0.141. The van der Waals surface area contributed by atoms with Gasteiger partial charge in [0.05, 0.1) is 36.0 Å². The second-order valence-corrected chi connectivity index (χ2v) is 7.53. The fourth-order valence-corrected chi connectivity index (χ4v) is 3.46. The Morgan fingerprint density at radius 2 is 1.58 bits per heavy atom. The van der Waals surface area contributed by atoms with Crippen molar-refractivity contribution in [1.29, 1.82) is 10.5 Å². The van der Waals surface area contributed by atoms with Crippen molar-refractivity contribution in [1.82, 2.24) is 9.80 Å². The first-order valence-electron chi connectivity index (χ1n) is 10.4. The van der Waals surface area contributed by atoms with E-state index in [2.05, 4.69) is 29.0 Å². The molecule has 0 spiro atoms. The molecule has 0 bridgehead atoms. The maximum absolute atomic E-state index is 9.04. The maximum atomic E-state index is 9.04. The van der Waals surface area contributed by atoms with Gasteiger partial charge in [0.1, 0.15) is 24.7 Å². The first-order chi connectivity index (χ1) is 15.2. The van der Waals surface area contributed by atoms with Gasteiger partial charge in [-0.15, -0.1) is 0 Å². The zero-order valence-corrected chi connectivity index (χ0v) is 17.9. The minimum Gasteiger partial charge on any atom is -0.492 e. The third-order valence-corrected chi connectivity index (χ3v) is 5.08. The molecule has 1 saturated heterocycles. The molecule has 162 valence electrons. The number of rotatable bonds is 10. The molecule has 0 saturated carbocycles. The zero-order chi connectivity index (χ0) is 21.9. The molecule has 0 aromatic heterocycles. The first-order valence-corrected chi connectivity index (χ1v) is 10.4. The van der Waals surface area contributed by atoms with Crippen molar-refractivity contribution in [3.05, 3.63) is 59.7 Å². The van der Waals surface area contributed by atoms with Crippen LogP contribution < -0.4 is 9.47 Å². The topological polar surface area (TPSA) is 81.8 Å². The predicted molar refractivity (Wildman–Crippen MR) is 117 cm³/mol. The molecular formula is C24H28N4O3. The van der Waals surface area contributed by atoms with Gasteiger partial charge >= 0.3 is 0 Å². The highest BCUT2D eigenvalue weighted by Gasteiger charge is 2.20. The van der Waals surface area contributed by atoms with Crippen molar-refractivity contribution in [2.45, 2.75) is 6.10 Å². The molecular weight excluding hydrogens is 392 g/mol. The van der Waals surface area contributed by atoms with Crippen molar-refractivity contribution in [2.75, 3.05) is 59.6 Å². The summed E-state index contributed by atoms with van der Waals surface area (Å²) < 4.78 is 17.7. The zero-order valence-electron chi connectivity index (χ0n) is 17.9. The predicted octanol–water partition coefficient (Wildman–Crippen LogP) is 2.52. The molecule has 1 atom stereocenters. The van der Waals surface area contributed by atoms with E-state index in [4.69, 9.17) is 24.7 Å². The fourth-order valence-electron chi connectivity index (χ4n) is 3.46. The van der Waals surface area contributed by atoms with E-state index in [1.54, 1.807) is 24.3 Å². The second-order valence-electron chi connectivity index (χ2n) is 7.53. The summed E-state index contributed by atoms with van der Waals surface area (Å²) in [6.07, 6.45) is 0.141. The van der Waals surface area contributed by atoms with E-state index in [0.29, 0.717) is 48.9 Å². The van der Waals surface area contributed by atoms with Gasteiger partial charge in [-0.25, -0.2) is 0 Å². The lowest BCUT2D eigenvalue weighted by Gasteiger charge is -2.33. The van der Waals surface area contributed by atoms with Gasteiger partial charge in [0.25, 0.3) is 0 Å². The van der Waals surface area contributed by atoms with Crippen LogP contribution in [0.15, 0.2) is 48.5 Å². The summed E-state index contributed by atoms with van der Waals surface area (Å²) in [5.74, 6) is 1.38. The van der Waals surface area contributed by atoms with Crippen LogP contribution in [-0.4, -0.2) is 75.5 Å². The van der Waals surface area contributed by atoms with Crippen molar-refractivity contribution >= 4 is 0 Å². The van der Waals surface area contributed by atoms with Crippen LogP contribution in [0, 0.1) is 22.7 Å². The van der Waals surface area contributed by atoms with Gasteiger partial charge < -0.3 is 19.1 Å². The average Bonchev–Trinajstić information content (AvgIpc) is 2.79. The molecule has 2 aromatic carbocycles. The third-order valence-electron chi connectivity index (χ3n) is 5.08. The van der Waals surface area contributed by atoms with E-state index in [1.165, 1.54) is 0 Å². The summed E-state index contributed by atoms with van der Waals surface area (Å²) in [6.45, 7) is 5.80. The molecule has 2 aromatic rings. The first kappa shape index (κ1) is 22.6. The minimum absolute atomic E-state index is 0.141. The number of hydrogen-bond donors (Lipinski definition) is 0. The number of likely N-dealkylation sites (N-methyl/N-ethyl adjacent to an activating group) is 1. The van der Waals surface area contributed by atoms with Crippen LogP contribution in [-0.2, 0) is 4.74 Å². The Balaban J connectivity index is 1.53. The summed E-state index contributed by atoms with van der Waals surface area (Å²) in [5.41, 5.74) is 1.17. The van der Waals surface area contributed by atoms with Crippen LogP contribution in [0.1, 0.15) is 11.1 Å². The molecule has 0 N–H and O–H groups in total. The SMILES string of the molecule is CN1CCOC(CN(CCOc2cccc(C#N)c2)CCOc2cccc(C#N)c2)C1. The van der Waals surface area contributed by atoms with Crippen molar-refractivity contribution in [3.8, 4) is 23.6 Å². The molecule has 3 rings (SSSR count).